The molecule has 0 saturated heterocycles. The summed E-state index contributed by atoms with van der Waals surface area (Å²) in [6.45, 7) is 0.698. The second-order valence-electron chi connectivity index (χ2n) is 7.24. The summed E-state index contributed by atoms with van der Waals surface area (Å²) in [5.41, 5.74) is 3.05. The molecule has 0 spiro atoms. The van der Waals surface area contributed by atoms with Gasteiger partial charge in [0.05, 0.1) is 19.7 Å². The van der Waals surface area contributed by atoms with Crippen molar-refractivity contribution in [3.63, 3.8) is 0 Å². The number of hydrogen-bond donors (Lipinski definition) is 0. The van der Waals surface area contributed by atoms with E-state index >= 15 is 0 Å². The fourth-order valence-electron chi connectivity index (χ4n) is 3.45. The molecule has 2 heterocycles. The van der Waals surface area contributed by atoms with E-state index in [-0.39, 0.29) is 5.91 Å². The summed E-state index contributed by atoms with van der Waals surface area (Å²) in [6, 6.07) is 18.6. The van der Waals surface area contributed by atoms with Gasteiger partial charge in [-0.1, -0.05) is 23.7 Å². The predicted octanol–water partition coefficient (Wildman–Crippen LogP) is 5.14. The third kappa shape index (κ3) is 4.81. The van der Waals surface area contributed by atoms with E-state index in [1.807, 2.05) is 48.5 Å². The summed E-state index contributed by atoms with van der Waals surface area (Å²) < 4.78 is 10.6. The molecule has 0 atom stereocenters. The first-order chi connectivity index (χ1) is 15.6. The molecular formula is C25H22ClN3O3. The monoisotopic (exact) mass is 447 g/mol. The van der Waals surface area contributed by atoms with E-state index in [0.29, 0.717) is 23.8 Å². The quantitative estimate of drug-likeness (QED) is 0.367. The zero-order valence-corrected chi connectivity index (χ0v) is 18.5. The molecule has 6 nitrogen and oxygen atoms in total. The van der Waals surface area contributed by atoms with E-state index in [4.69, 9.17) is 21.1 Å². The number of carbonyl (C=O) groups excluding carboxylic acids is 1. The minimum atomic E-state index is -0.120. The topological polar surface area (TPSA) is 64.6 Å². The SMILES string of the molecule is COc1ccc(CN(Cc2cc3cc(OC)ccc3nc2Cl)C(=O)c2ccncc2)cc1. The van der Waals surface area contributed by atoms with Crippen molar-refractivity contribution in [3.05, 3.63) is 94.9 Å². The van der Waals surface area contributed by atoms with Gasteiger partial charge in [0.25, 0.3) is 5.91 Å². The zero-order valence-electron chi connectivity index (χ0n) is 17.8. The minimum absolute atomic E-state index is 0.120. The van der Waals surface area contributed by atoms with Crippen LogP contribution in [0.2, 0.25) is 5.15 Å². The third-order valence-electron chi connectivity index (χ3n) is 5.16. The zero-order chi connectivity index (χ0) is 22.5. The largest absolute Gasteiger partial charge is 0.497 e. The Labute approximate surface area is 191 Å². The number of fused-ring (bicyclic) bond motifs is 1. The third-order valence-corrected chi connectivity index (χ3v) is 5.48. The van der Waals surface area contributed by atoms with Gasteiger partial charge in [-0.15, -0.1) is 0 Å². The fourth-order valence-corrected chi connectivity index (χ4v) is 3.65. The molecule has 4 aromatic rings. The summed E-state index contributed by atoms with van der Waals surface area (Å²) in [6.07, 6.45) is 3.21. The van der Waals surface area contributed by atoms with E-state index in [1.54, 1.807) is 43.6 Å². The lowest BCUT2D eigenvalue weighted by molar-refractivity contribution is 0.0730. The molecule has 0 aliphatic rings. The van der Waals surface area contributed by atoms with Crippen molar-refractivity contribution in [2.24, 2.45) is 0 Å². The highest BCUT2D eigenvalue weighted by Crippen LogP contribution is 2.26. The van der Waals surface area contributed by atoms with Gasteiger partial charge in [-0.2, -0.15) is 0 Å². The number of pyridine rings is 2. The van der Waals surface area contributed by atoms with Gasteiger partial charge in [0.1, 0.15) is 16.7 Å². The Morgan fingerprint density at radius 3 is 2.28 bits per heavy atom. The van der Waals surface area contributed by atoms with Crippen molar-refractivity contribution >= 4 is 28.4 Å². The maximum Gasteiger partial charge on any atom is 0.254 e. The number of rotatable bonds is 7. The summed E-state index contributed by atoms with van der Waals surface area (Å²) in [5, 5.41) is 1.26. The van der Waals surface area contributed by atoms with Crippen LogP contribution in [0, 0.1) is 0 Å². The van der Waals surface area contributed by atoms with Gasteiger partial charge < -0.3 is 14.4 Å². The second-order valence-corrected chi connectivity index (χ2v) is 7.60. The van der Waals surface area contributed by atoms with Gasteiger partial charge in [-0.25, -0.2) is 4.98 Å². The Kier molecular flexibility index (Phi) is 6.52. The maximum absolute atomic E-state index is 13.3. The average molecular weight is 448 g/mol. The van der Waals surface area contributed by atoms with Crippen molar-refractivity contribution in [2.45, 2.75) is 13.1 Å². The minimum Gasteiger partial charge on any atom is -0.497 e. The highest BCUT2D eigenvalue weighted by molar-refractivity contribution is 6.30. The molecule has 32 heavy (non-hydrogen) atoms. The van der Waals surface area contributed by atoms with E-state index in [1.165, 1.54) is 0 Å². The summed E-state index contributed by atoms with van der Waals surface area (Å²) in [7, 11) is 3.24. The Bertz CT molecular complexity index is 1230. The first-order valence-corrected chi connectivity index (χ1v) is 10.4. The molecule has 0 aliphatic carbocycles. The van der Waals surface area contributed by atoms with Crippen molar-refractivity contribution in [1.82, 2.24) is 14.9 Å². The summed E-state index contributed by atoms with van der Waals surface area (Å²) in [4.78, 5) is 23.6. The van der Waals surface area contributed by atoms with Crippen LogP contribution >= 0.6 is 11.6 Å². The molecule has 1 amide bonds. The molecule has 0 unspecified atom stereocenters. The second kappa shape index (κ2) is 9.66. The number of methoxy groups -OCH3 is 2. The number of hydrogen-bond acceptors (Lipinski definition) is 5. The van der Waals surface area contributed by atoms with Gasteiger partial charge in [0, 0.05) is 42.0 Å². The smallest absolute Gasteiger partial charge is 0.254 e. The first kappa shape index (κ1) is 21.6. The van der Waals surface area contributed by atoms with Crippen molar-refractivity contribution < 1.29 is 14.3 Å². The van der Waals surface area contributed by atoms with E-state index in [0.717, 1.165) is 33.5 Å². The fraction of sp³-hybridized carbons (Fsp3) is 0.160. The molecule has 7 heteroatoms. The van der Waals surface area contributed by atoms with Crippen LogP contribution in [0.15, 0.2) is 73.1 Å². The van der Waals surface area contributed by atoms with Crippen LogP contribution in [0.25, 0.3) is 10.9 Å². The van der Waals surface area contributed by atoms with Crippen LogP contribution in [0.5, 0.6) is 11.5 Å². The molecule has 4 rings (SSSR count). The standard InChI is InChI=1S/C25H22ClN3O3/c1-31-21-5-3-17(4-6-21)15-29(25(30)18-9-11-27-12-10-18)16-20-13-19-14-22(32-2)7-8-23(19)28-24(20)26/h3-14H,15-16H2,1-2H3. The number of nitrogens with zero attached hydrogens (tertiary/aromatic N) is 3. The Hall–Kier alpha value is -3.64. The molecular weight excluding hydrogens is 426 g/mol. The molecule has 2 aromatic heterocycles. The number of aromatic nitrogens is 2. The number of carbonyl (C=O) groups is 1. The highest BCUT2D eigenvalue weighted by atomic mass is 35.5. The van der Waals surface area contributed by atoms with Crippen LogP contribution in [0.4, 0.5) is 0 Å². The highest BCUT2D eigenvalue weighted by Gasteiger charge is 2.19. The molecule has 0 N–H and O–H groups in total. The van der Waals surface area contributed by atoms with Gasteiger partial charge in [0.2, 0.25) is 0 Å². The number of ether oxygens (including phenoxy) is 2. The van der Waals surface area contributed by atoms with Crippen molar-refractivity contribution in [2.75, 3.05) is 14.2 Å². The number of benzene rings is 2. The Morgan fingerprint density at radius 1 is 0.906 bits per heavy atom. The first-order valence-electron chi connectivity index (χ1n) is 10.0. The summed E-state index contributed by atoms with van der Waals surface area (Å²) in [5.74, 6) is 1.37. The van der Waals surface area contributed by atoms with Crippen LogP contribution in [0.3, 0.4) is 0 Å². The predicted molar refractivity (Wildman–Crippen MR) is 124 cm³/mol. The van der Waals surface area contributed by atoms with Gasteiger partial charge >= 0.3 is 0 Å². The van der Waals surface area contributed by atoms with Crippen LogP contribution in [-0.4, -0.2) is 35.0 Å². The Balaban J connectivity index is 1.69. The number of amides is 1. The molecule has 0 radical (unpaired) electrons. The number of halogens is 1. The van der Waals surface area contributed by atoms with Crippen LogP contribution in [-0.2, 0) is 13.1 Å². The molecule has 162 valence electrons. The Morgan fingerprint density at radius 2 is 1.59 bits per heavy atom. The molecule has 0 saturated carbocycles. The molecule has 0 aliphatic heterocycles. The van der Waals surface area contributed by atoms with Gasteiger partial charge in [-0.3, -0.25) is 9.78 Å². The van der Waals surface area contributed by atoms with Crippen LogP contribution in [0.1, 0.15) is 21.5 Å². The normalized spacial score (nSPS) is 10.7. The molecule has 2 aromatic carbocycles. The van der Waals surface area contributed by atoms with E-state index in [9.17, 15) is 4.79 Å². The lowest BCUT2D eigenvalue weighted by atomic mass is 10.1. The average Bonchev–Trinajstić information content (AvgIpc) is 2.84. The van der Waals surface area contributed by atoms with E-state index in [2.05, 4.69) is 9.97 Å². The van der Waals surface area contributed by atoms with Gasteiger partial charge in [0.15, 0.2) is 0 Å². The van der Waals surface area contributed by atoms with Gasteiger partial charge in [-0.05, 0) is 54.1 Å². The lowest BCUT2D eigenvalue weighted by Crippen LogP contribution is -2.30. The van der Waals surface area contributed by atoms with E-state index < -0.39 is 0 Å². The lowest BCUT2D eigenvalue weighted by Gasteiger charge is -2.24. The van der Waals surface area contributed by atoms with Crippen molar-refractivity contribution in [3.8, 4) is 11.5 Å². The molecule has 0 bridgehead atoms. The van der Waals surface area contributed by atoms with Crippen molar-refractivity contribution in [1.29, 1.82) is 0 Å². The summed E-state index contributed by atoms with van der Waals surface area (Å²) >= 11 is 6.51. The molecule has 0 fully saturated rings. The van der Waals surface area contributed by atoms with Crippen LogP contribution < -0.4 is 9.47 Å². The maximum atomic E-state index is 13.3.